The van der Waals surface area contributed by atoms with Crippen molar-refractivity contribution in [3.63, 3.8) is 0 Å². The van der Waals surface area contributed by atoms with E-state index in [0.29, 0.717) is 0 Å². The van der Waals surface area contributed by atoms with Gasteiger partial charge in [0.2, 0.25) is 0 Å². The first-order valence-corrected chi connectivity index (χ1v) is 6.61. The van der Waals surface area contributed by atoms with Crippen molar-refractivity contribution in [2.45, 2.75) is 26.1 Å². The Labute approximate surface area is 106 Å². The molecule has 1 atom stereocenters. The molecular formula is C14H15ClS. The number of alkyl halides is 1. The number of thiophene rings is 1. The number of halogens is 1. The second kappa shape index (κ2) is 4.60. The van der Waals surface area contributed by atoms with Gasteiger partial charge in [-0.15, -0.1) is 22.9 Å². The molecule has 1 aromatic heterocycles. The van der Waals surface area contributed by atoms with Crippen molar-refractivity contribution in [1.82, 2.24) is 0 Å². The third kappa shape index (κ3) is 2.16. The van der Waals surface area contributed by atoms with Gasteiger partial charge >= 0.3 is 0 Å². The minimum absolute atomic E-state index is 0.0152. The van der Waals surface area contributed by atoms with E-state index in [4.69, 9.17) is 11.6 Å². The Morgan fingerprint density at radius 2 is 1.81 bits per heavy atom. The molecule has 0 saturated heterocycles. The van der Waals surface area contributed by atoms with Gasteiger partial charge < -0.3 is 0 Å². The van der Waals surface area contributed by atoms with E-state index in [-0.39, 0.29) is 5.38 Å². The molecule has 2 rings (SSSR count). The van der Waals surface area contributed by atoms with Gasteiger partial charge in [-0.1, -0.05) is 18.2 Å². The van der Waals surface area contributed by atoms with Gasteiger partial charge in [0.05, 0.1) is 5.38 Å². The first kappa shape index (κ1) is 11.7. The Balaban J connectivity index is 2.41. The molecule has 1 heterocycles. The molecule has 0 spiro atoms. The van der Waals surface area contributed by atoms with Crippen LogP contribution in [-0.2, 0) is 0 Å². The molecule has 0 saturated carbocycles. The van der Waals surface area contributed by atoms with Crippen molar-refractivity contribution in [2.75, 3.05) is 0 Å². The Bertz CT molecular complexity index is 499. The maximum absolute atomic E-state index is 6.53. The van der Waals surface area contributed by atoms with Crippen molar-refractivity contribution in [1.29, 1.82) is 0 Å². The molecule has 0 N–H and O–H groups in total. The highest BCUT2D eigenvalue weighted by Crippen LogP contribution is 2.35. The fourth-order valence-corrected chi connectivity index (χ4v) is 3.11. The van der Waals surface area contributed by atoms with Gasteiger partial charge in [-0.05, 0) is 49.6 Å². The molecule has 0 fully saturated rings. The zero-order chi connectivity index (χ0) is 11.7. The molecule has 2 aromatic rings. The average Bonchev–Trinajstić information content (AvgIpc) is 2.68. The summed E-state index contributed by atoms with van der Waals surface area (Å²) in [7, 11) is 0. The quantitative estimate of drug-likeness (QED) is 0.658. The van der Waals surface area contributed by atoms with Crippen LogP contribution in [0.5, 0.6) is 0 Å². The fourth-order valence-electron chi connectivity index (χ4n) is 1.79. The van der Waals surface area contributed by atoms with Crippen LogP contribution in [0.4, 0.5) is 0 Å². The van der Waals surface area contributed by atoms with Crippen LogP contribution in [0.15, 0.2) is 30.3 Å². The van der Waals surface area contributed by atoms with Crippen LogP contribution in [-0.4, -0.2) is 0 Å². The summed E-state index contributed by atoms with van der Waals surface area (Å²) in [6, 6.07) is 10.6. The minimum atomic E-state index is -0.0152. The van der Waals surface area contributed by atoms with Crippen molar-refractivity contribution >= 4 is 22.9 Å². The van der Waals surface area contributed by atoms with Gasteiger partial charge in [0.25, 0.3) is 0 Å². The van der Waals surface area contributed by atoms with E-state index in [0.717, 1.165) is 0 Å². The van der Waals surface area contributed by atoms with Crippen molar-refractivity contribution in [3.05, 3.63) is 56.8 Å². The maximum atomic E-state index is 6.53. The normalized spacial score (nSPS) is 12.8. The molecule has 0 aliphatic rings. The molecule has 0 radical (unpaired) electrons. The zero-order valence-corrected chi connectivity index (χ0v) is 11.3. The molecule has 2 heteroatoms. The van der Waals surface area contributed by atoms with E-state index < -0.39 is 0 Å². The lowest BCUT2D eigenvalue weighted by Crippen LogP contribution is -1.95. The first-order valence-electron chi connectivity index (χ1n) is 5.36. The summed E-state index contributed by atoms with van der Waals surface area (Å²) in [6.45, 7) is 6.38. The predicted molar refractivity (Wildman–Crippen MR) is 72.7 cm³/mol. The molecule has 0 bridgehead atoms. The third-order valence-corrected chi connectivity index (χ3v) is 4.60. The number of aryl methyl sites for hydroxylation is 2. The van der Waals surface area contributed by atoms with Gasteiger partial charge in [-0.2, -0.15) is 0 Å². The lowest BCUT2D eigenvalue weighted by Gasteiger charge is -2.13. The molecule has 0 amide bonds. The largest absolute Gasteiger partial charge is 0.144 e. The summed E-state index contributed by atoms with van der Waals surface area (Å²) in [4.78, 5) is 2.54. The van der Waals surface area contributed by atoms with Crippen LogP contribution in [0, 0.1) is 20.8 Å². The topological polar surface area (TPSA) is 0 Å². The third-order valence-electron chi connectivity index (χ3n) is 2.93. The SMILES string of the molecule is Cc1ccc(C(Cl)c2cccc(C)c2C)s1. The summed E-state index contributed by atoms with van der Waals surface area (Å²) in [5.74, 6) is 0. The van der Waals surface area contributed by atoms with Gasteiger partial charge in [-0.25, -0.2) is 0 Å². The Kier molecular flexibility index (Phi) is 3.36. The number of benzene rings is 1. The second-order valence-electron chi connectivity index (χ2n) is 4.10. The lowest BCUT2D eigenvalue weighted by atomic mass is 10.0. The van der Waals surface area contributed by atoms with Crippen LogP contribution in [0.25, 0.3) is 0 Å². The molecule has 0 nitrogen and oxygen atoms in total. The summed E-state index contributed by atoms with van der Waals surface area (Å²) in [6.07, 6.45) is 0. The smallest absolute Gasteiger partial charge is 0.0930 e. The number of rotatable bonds is 2. The molecule has 16 heavy (non-hydrogen) atoms. The molecule has 1 aromatic carbocycles. The lowest BCUT2D eigenvalue weighted by molar-refractivity contribution is 1.13. The molecule has 84 valence electrons. The van der Waals surface area contributed by atoms with E-state index in [1.807, 2.05) is 0 Å². The van der Waals surface area contributed by atoms with Crippen molar-refractivity contribution in [3.8, 4) is 0 Å². The first-order chi connectivity index (χ1) is 7.59. The van der Waals surface area contributed by atoms with E-state index in [2.05, 4.69) is 51.1 Å². The van der Waals surface area contributed by atoms with Gasteiger partial charge in [0.15, 0.2) is 0 Å². The highest BCUT2D eigenvalue weighted by molar-refractivity contribution is 7.12. The van der Waals surface area contributed by atoms with Gasteiger partial charge in [0, 0.05) is 9.75 Å². The van der Waals surface area contributed by atoms with Crippen LogP contribution in [0.3, 0.4) is 0 Å². The average molecular weight is 251 g/mol. The van der Waals surface area contributed by atoms with Crippen LogP contribution in [0.1, 0.15) is 31.8 Å². The Hall–Kier alpha value is -0.790. The number of hydrogen-bond acceptors (Lipinski definition) is 1. The summed E-state index contributed by atoms with van der Waals surface area (Å²) in [5, 5.41) is -0.0152. The van der Waals surface area contributed by atoms with Crippen molar-refractivity contribution in [2.24, 2.45) is 0 Å². The summed E-state index contributed by atoms with van der Waals surface area (Å²) in [5.41, 5.74) is 3.83. The van der Waals surface area contributed by atoms with Crippen molar-refractivity contribution < 1.29 is 0 Å². The van der Waals surface area contributed by atoms with Gasteiger partial charge in [-0.3, -0.25) is 0 Å². The van der Waals surface area contributed by atoms with E-state index >= 15 is 0 Å². The summed E-state index contributed by atoms with van der Waals surface area (Å²) < 4.78 is 0. The van der Waals surface area contributed by atoms with Crippen LogP contribution in [0.2, 0.25) is 0 Å². The fraction of sp³-hybridized carbons (Fsp3) is 0.286. The molecule has 0 aliphatic heterocycles. The van der Waals surface area contributed by atoms with Crippen LogP contribution < -0.4 is 0 Å². The second-order valence-corrected chi connectivity index (χ2v) is 5.86. The molecule has 1 unspecified atom stereocenters. The molecule has 0 aliphatic carbocycles. The van der Waals surface area contributed by atoms with E-state index in [1.165, 1.54) is 26.4 Å². The summed E-state index contributed by atoms with van der Waals surface area (Å²) >= 11 is 8.31. The highest BCUT2D eigenvalue weighted by Gasteiger charge is 2.15. The number of hydrogen-bond donors (Lipinski definition) is 0. The van der Waals surface area contributed by atoms with Crippen LogP contribution >= 0.6 is 22.9 Å². The minimum Gasteiger partial charge on any atom is -0.144 e. The van der Waals surface area contributed by atoms with Gasteiger partial charge in [0.1, 0.15) is 0 Å². The zero-order valence-electron chi connectivity index (χ0n) is 9.75. The predicted octanol–water partition coefficient (Wildman–Crippen LogP) is 5.00. The van der Waals surface area contributed by atoms with E-state index in [1.54, 1.807) is 11.3 Å². The standard InChI is InChI=1S/C14H15ClS/c1-9-5-4-6-12(11(9)3)14(15)13-8-7-10(2)16-13/h4-8,14H,1-3H3. The maximum Gasteiger partial charge on any atom is 0.0930 e. The monoisotopic (exact) mass is 250 g/mol. The highest BCUT2D eigenvalue weighted by atomic mass is 35.5. The molecular weight excluding hydrogens is 236 g/mol. The Morgan fingerprint density at radius 1 is 1.06 bits per heavy atom. The Morgan fingerprint density at radius 3 is 2.44 bits per heavy atom. The van der Waals surface area contributed by atoms with E-state index in [9.17, 15) is 0 Å².